The van der Waals surface area contributed by atoms with Crippen LogP contribution in [-0.2, 0) is 10.8 Å². The van der Waals surface area contributed by atoms with Crippen LogP contribution in [0.1, 0.15) is 103 Å². The number of hydrogen-bond acceptors (Lipinski definition) is 2. The highest BCUT2D eigenvalue weighted by molar-refractivity contribution is 5.76. The highest BCUT2D eigenvalue weighted by Gasteiger charge is 2.24. The molecule has 0 heterocycles. The third kappa shape index (κ3) is 4.37. The SMILES string of the molecule is CC(C)c1cc(-c2cc(C(C)C)c(N)c(C(C)(C)C)c2)cc(C(C)(C)C)c1N. The van der Waals surface area contributed by atoms with Crippen LogP contribution in [-0.4, -0.2) is 0 Å². The molecule has 0 bridgehead atoms. The molecule has 2 rings (SSSR count). The smallest absolute Gasteiger partial charge is 0.0387 e. The zero-order valence-corrected chi connectivity index (χ0v) is 19.6. The van der Waals surface area contributed by atoms with E-state index in [2.05, 4.69) is 93.5 Å². The molecule has 154 valence electrons. The topological polar surface area (TPSA) is 52.0 Å². The van der Waals surface area contributed by atoms with Gasteiger partial charge in [0.1, 0.15) is 0 Å². The van der Waals surface area contributed by atoms with Crippen molar-refractivity contribution in [2.45, 2.75) is 91.9 Å². The van der Waals surface area contributed by atoms with Crippen LogP contribution >= 0.6 is 0 Å². The van der Waals surface area contributed by atoms with Crippen molar-refractivity contribution in [2.24, 2.45) is 0 Å². The van der Waals surface area contributed by atoms with Gasteiger partial charge in [0, 0.05) is 11.4 Å². The average molecular weight is 381 g/mol. The summed E-state index contributed by atoms with van der Waals surface area (Å²) in [4.78, 5) is 0. The van der Waals surface area contributed by atoms with Gasteiger partial charge >= 0.3 is 0 Å². The number of hydrogen-bond donors (Lipinski definition) is 2. The van der Waals surface area contributed by atoms with Crippen LogP contribution in [0.2, 0.25) is 0 Å². The van der Waals surface area contributed by atoms with E-state index in [-0.39, 0.29) is 10.8 Å². The van der Waals surface area contributed by atoms with Crippen LogP contribution in [0, 0.1) is 0 Å². The molecule has 2 aromatic rings. The summed E-state index contributed by atoms with van der Waals surface area (Å²) in [5.74, 6) is 0.753. The minimum atomic E-state index is -0.00865. The van der Waals surface area contributed by atoms with Crippen molar-refractivity contribution in [3.8, 4) is 11.1 Å². The molecule has 0 unspecified atom stereocenters. The third-order valence-corrected chi connectivity index (χ3v) is 5.62. The van der Waals surface area contributed by atoms with Crippen LogP contribution in [0.3, 0.4) is 0 Å². The number of nitrogen functional groups attached to an aromatic ring is 2. The minimum Gasteiger partial charge on any atom is -0.398 e. The molecule has 0 aromatic heterocycles. The second-order valence-electron chi connectivity index (χ2n) is 10.9. The molecular formula is C26H40N2. The Bertz CT molecular complexity index is 786. The van der Waals surface area contributed by atoms with Crippen LogP contribution in [0.4, 0.5) is 11.4 Å². The number of rotatable bonds is 3. The third-order valence-electron chi connectivity index (χ3n) is 5.62. The number of anilines is 2. The van der Waals surface area contributed by atoms with Gasteiger partial charge in [0.15, 0.2) is 0 Å². The molecule has 4 N–H and O–H groups in total. The molecule has 0 saturated heterocycles. The summed E-state index contributed by atoms with van der Waals surface area (Å²) in [6.45, 7) is 22.2. The van der Waals surface area contributed by atoms with E-state index in [1.807, 2.05) is 0 Å². The van der Waals surface area contributed by atoms with E-state index < -0.39 is 0 Å². The predicted molar refractivity (Wildman–Crippen MR) is 126 cm³/mol. The van der Waals surface area contributed by atoms with E-state index in [1.54, 1.807) is 0 Å². The number of benzene rings is 2. The lowest BCUT2D eigenvalue weighted by molar-refractivity contribution is 0.590. The van der Waals surface area contributed by atoms with Crippen molar-refractivity contribution in [3.05, 3.63) is 46.5 Å². The lowest BCUT2D eigenvalue weighted by atomic mass is 9.78. The van der Waals surface area contributed by atoms with E-state index in [0.29, 0.717) is 11.8 Å². The molecule has 2 nitrogen and oxygen atoms in total. The Hall–Kier alpha value is -1.96. The molecule has 0 saturated carbocycles. The van der Waals surface area contributed by atoms with E-state index in [0.717, 1.165) is 11.4 Å². The van der Waals surface area contributed by atoms with Crippen molar-refractivity contribution >= 4 is 11.4 Å². The van der Waals surface area contributed by atoms with Gasteiger partial charge in [0.25, 0.3) is 0 Å². The molecule has 0 aliphatic carbocycles. The van der Waals surface area contributed by atoms with Crippen molar-refractivity contribution in [3.63, 3.8) is 0 Å². The van der Waals surface area contributed by atoms with Gasteiger partial charge in [-0.25, -0.2) is 0 Å². The molecular weight excluding hydrogens is 340 g/mol. The first-order valence-corrected chi connectivity index (χ1v) is 10.5. The Morgan fingerprint density at radius 1 is 0.571 bits per heavy atom. The summed E-state index contributed by atoms with van der Waals surface area (Å²) in [5, 5.41) is 0. The quantitative estimate of drug-likeness (QED) is 0.546. The first kappa shape index (κ1) is 22.3. The standard InChI is InChI=1S/C26H40N2/c1-15(2)19-11-17(13-21(23(19)27)25(5,6)7)18-12-20(16(3)4)24(28)22(14-18)26(8,9)10/h11-16H,27-28H2,1-10H3. The molecule has 0 amide bonds. The number of nitrogens with two attached hydrogens (primary N) is 2. The summed E-state index contributed by atoms with van der Waals surface area (Å²) in [6, 6.07) is 9.11. The monoisotopic (exact) mass is 380 g/mol. The predicted octanol–water partition coefficient (Wildman–Crippen LogP) is 7.36. The van der Waals surface area contributed by atoms with Crippen molar-refractivity contribution in [2.75, 3.05) is 11.5 Å². The first-order valence-electron chi connectivity index (χ1n) is 10.5. The van der Waals surface area contributed by atoms with Crippen LogP contribution in [0.25, 0.3) is 11.1 Å². The fourth-order valence-corrected chi connectivity index (χ4v) is 3.88. The van der Waals surface area contributed by atoms with Crippen molar-refractivity contribution in [1.82, 2.24) is 0 Å². The zero-order chi connectivity index (χ0) is 21.6. The lowest BCUT2D eigenvalue weighted by Gasteiger charge is -2.28. The van der Waals surface area contributed by atoms with Crippen molar-refractivity contribution in [1.29, 1.82) is 0 Å². The molecule has 2 aromatic carbocycles. The van der Waals surface area contributed by atoms with Gasteiger partial charge in [-0.05, 0) is 80.3 Å². The molecule has 0 aliphatic rings. The van der Waals surface area contributed by atoms with E-state index >= 15 is 0 Å². The summed E-state index contributed by atoms with van der Waals surface area (Å²) in [6.07, 6.45) is 0. The van der Waals surface area contributed by atoms with Gasteiger partial charge in [-0.2, -0.15) is 0 Å². The molecule has 28 heavy (non-hydrogen) atoms. The average Bonchev–Trinajstić information content (AvgIpc) is 2.52. The minimum absolute atomic E-state index is 0.00865. The van der Waals surface area contributed by atoms with Gasteiger partial charge in [0.05, 0.1) is 0 Å². The van der Waals surface area contributed by atoms with Crippen LogP contribution in [0.15, 0.2) is 24.3 Å². The molecule has 0 fully saturated rings. The largest absolute Gasteiger partial charge is 0.398 e. The molecule has 0 radical (unpaired) electrons. The summed E-state index contributed by atoms with van der Waals surface area (Å²) >= 11 is 0. The molecule has 0 spiro atoms. The first-order chi connectivity index (χ1) is 12.6. The van der Waals surface area contributed by atoms with Crippen molar-refractivity contribution < 1.29 is 0 Å². The Morgan fingerprint density at radius 2 is 0.857 bits per heavy atom. The van der Waals surface area contributed by atoms with Crippen LogP contribution in [0.5, 0.6) is 0 Å². The van der Waals surface area contributed by atoms with Gasteiger partial charge in [-0.15, -0.1) is 0 Å². The Labute approximate surface area is 172 Å². The molecule has 0 atom stereocenters. The van der Waals surface area contributed by atoms with Gasteiger partial charge in [-0.1, -0.05) is 69.2 Å². The normalized spacial score (nSPS) is 12.9. The highest BCUT2D eigenvalue weighted by Crippen LogP contribution is 2.41. The Balaban J connectivity index is 2.88. The van der Waals surface area contributed by atoms with E-state index in [4.69, 9.17) is 11.5 Å². The summed E-state index contributed by atoms with van der Waals surface area (Å²) < 4.78 is 0. The Kier molecular flexibility index (Phi) is 5.95. The fraction of sp³-hybridized carbons (Fsp3) is 0.538. The van der Waals surface area contributed by atoms with Gasteiger partial charge in [-0.3, -0.25) is 0 Å². The van der Waals surface area contributed by atoms with E-state index in [1.165, 1.54) is 33.4 Å². The highest BCUT2D eigenvalue weighted by atomic mass is 14.6. The lowest BCUT2D eigenvalue weighted by Crippen LogP contribution is -2.17. The zero-order valence-electron chi connectivity index (χ0n) is 19.6. The summed E-state index contributed by atoms with van der Waals surface area (Å²) in [7, 11) is 0. The van der Waals surface area contributed by atoms with Gasteiger partial charge in [0.2, 0.25) is 0 Å². The van der Waals surface area contributed by atoms with Crippen LogP contribution < -0.4 is 11.5 Å². The van der Waals surface area contributed by atoms with E-state index in [9.17, 15) is 0 Å². The Morgan fingerprint density at radius 3 is 1.07 bits per heavy atom. The maximum atomic E-state index is 6.60. The second kappa shape index (κ2) is 7.46. The second-order valence-corrected chi connectivity index (χ2v) is 10.9. The van der Waals surface area contributed by atoms with Gasteiger partial charge < -0.3 is 11.5 Å². The maximum absolute atomic E-state index is 6.60. The fourth-order valence-electron chi connectivity index (χ4n) is 3.88. The summed E-state index contributed by atoms with van der Waals surface area (Å²) in [5.41, 5.74) is 22.4. The molecule has 2 heteroatoms. The molecule has 0 aliphatic heterocycles. The maximum Gasteiger partial charge on any atom is 0.0387 e.